The topological polar surface area (TPSA) is 153 Å². The minimum Gasteiger partial charge on any atom is -0.466 e. The van der Waals surface area contributed by atoms with Crippen LogP contribution in [-0.2, 0) is 19.1 Å². The number of nitrogens with zero attached hydrogens (tertiary/aromatic N) is 3. The number of hydrogen-bond acceptors (Lipinski definition) is 9. The number of anilines is 1. The van der Waals surface area contributed by atoms with Gasteiger partial charge in [0.25, 0.3) is 0 Å². The Bertz CT molecular complexity index is 1560. The van der Waals surface area contributed by atoms with Gasteiger partial charge in [-0.05, 0) is 120 Å². The summed E-state index contributed by atoms with van der Waals surface area (Å²) in [6.07, 6.45) is 12.7. The number of amides is 3. The van der Waals surface area contributed by atoms with E-state index in [1.165, 1.54) is 23.8 Å². The molecule has 2 aromatic heterocycles. The molecule has 51 heavy (non-hydrogen) atoms. The van der Waals surface area contributed by atoms with Gasteiger partial charge in [0, 0.05) is 56.8 Å². The number of nitrogens with one attached hydrogen (secondary N) is 3. The quantitative estimate of drug-likeness (QED) is 0.165. The molecule has 13 nitrogen and oxygen atoms in total. The second-order valence-electron chi connectivity index (χ2n) is 12.9. The normalized spacial score (nSPS) is 15.0. The highest BCUT2D eigenvalue weighted by atomic mass is 16.5. The van der Waals surface area contributed by atoms with Crippen LogP contribution in [0.25, 0.3) is 10.9 Å². The summed E-state index contributed by atoms with van der Waals surface area (Å²) in [5, 5.41) is 9.68. The largest absolute Gasteiger partial charge is 0.466 e. The summed E-state index contributed by atoms with van der Waals surface area (Å²) in [4.78, 5) is 53.3. The van der Waals surface area contributed by atoms with Crippen LogP contribution in [0, 0.1) is 11.8 Å². The predicted molar refractivity (Wildman–Crippen MR) is 196 cm³/mol. The number of likely N-dealkylation sites (tertiary alicyclic amines) is 1. The molecule has 3 N–H and O–H groups in total. The molecule has 278 valence electrons. The Labute approximate surface area is 300 Å². The Morgan fingerprint density at radius 2 is 1.45 bits per heavy atom. The maximum absolute atomic E-state index is 12.8. The van der Waals surface area contributed by atoms with E-state index in [1.54, 1.807) is 42.5 Å². The summed E-state index contributed by atoms with van der Waals surface area (Å²) in [6.45, 7) is 8.21. The number of carbonyl (C=O) groups excluding carboxylic acids is 4. The first kappa shape index (κ1) is 39.1. The molecule has 0 radical (unpaired) electrons. The predicted octanol–water partition coefficient (Wildman–Crippen LogP) is 6.71. The molecular weight excluding hydrogens is 652 g/mol. The van der Waals surface area contributed by atoms with Gasteiger partial charge in [-0.2, -0.15) is 0 Å². The fraction of sp³-hybridized carbons (Fsp3) is 0.553. The maximum Gasteiger partial charge on any atom is 0.325 e. The van der Waals surface area contributed by atoms with Crippen LogP contribution in [0.4, 0.5) is 15.4 Å². The molecule has 0 atom stereocenters. The minimum absolute atomic E-state index is 0.0403. The Morgan fingerprint density at radius 3 is 2.08 bits per heavy atom. The van der Waals surface area contributed by atoms with Gasteiger partial charge in [-0.15, -0.1) is 0 Å². The summed E-state index contributed by atoms with van der Waals surface area (Å²) >= 11 is 0. The Kier molecular flexibility index (Phi) is 16.0. The smallest absolute Gasteiger partial charge is 0.325 e. The van der Waals surface area contributed by atoms with Gasteiger partial charge in [0.2, 0.25) is 0 Å². The molecule has 0 aliphatic carbocycles. The SMILES string of the molecule is CCOC(=O)CCCC1CCN(C(=O)Nc2cc(Oc3ccc4c(ccn4C(=O)NC)c3)ccn2)CC1.CCOC(=O)CCCC1CCNCC1. The molecule has 5 rings (SSSR count). The fourth-order valence-corrected chi connectivity index (χ4v) is 6.48. The summed E-state index contributed by atoms with van der Waals surface area (Å²) < 4.78 is 17.4. The number of pyridine rings is 1. The Balaban J connectivity index is 0.000000349. The standard InChI is InChI=1S/C27H33N5O5.C11H21NO2/c1-3-36-25(33)6-4-5-19-10-14-31(15-11-19)27(35)30-24-18-22(9-13-29-24)37-21-7-8-23-20(17-21)12-16-32(23)26(34)28-2;1-2-14-11(13)5-3-4-10-6-8-12-9-7-10/h7-9,12-13,16-19H,3-6,10-11,14-15H2,1-2H3,(H,28,34)(H,29,30,35);10,12H,2-9H2,1H3. The highest BCUT2D eigenvalue weighted by molar-refractivity contribution is 5.92. The maximum atomic E-state index is 12.8. The number of ether oxygens (including phenoxy) is 3. The number of fused-ring (bicyclic) bond motifs is 1. The molecule has 0 bridgehead atoms. The molecule has 0 saturated carbocycles. The van der Waals surface area contributed by atoms with Gasteiger partial charge in [0.15, 0.2) is 0 Å². The lowest BCUT2D eigenvalue weighted by molar-refractivity contribution is -0.144. The van der Waals surface area contributed by atoms with Crippen molar-refractivity contribution in [1.82, 2.24) is 25.1 Å². The van der Waals surface area contributed by atoms with Crippen molar-refractivity contribution in [3.8, 4) is 11.5 Å². The lowest BCUT2D eigenvalue weighted by atomic mass is 9.92. The molecule has 3 amide bonds. The monoisotopic (exact) mass is 706 g/mol. The highest BCUT2D eigenvalue weighted by Gasteiger charge is 2.23. The van der Waals surface area contributed by atoms with E-state index in [4.69, 9.17) is 14.2 Å². The highest BCUT2D eigenvalue weighted by Crippen LogP contribution is 2.28. The number of piperidine rings is 2. The number of benzene rings is 1. The molecule has 2 aliphatic rings. The van der Waals surface area contributed by atoms with Gasteiger partial charge >= 0.3 is 24.0 Å². The van der Waals surface area contributed by atoms with Crippen molar-refractivity contribution in [3.05, 3.63) is 48.8 Å². The number of carbonyl (C=O) groups is 4. The average Bonchev–Trinajstić information content (AvgIpc) is 3.56. The number of aromatic nitrogens is 2. The van der Waals surface area contributed by atoms with E-state index in [9.17, 15) is 19.2 Å². The van der Waals surface area contributed by atoms with E-state index in [0.29, 0.717) is 62.4 Å². The van der Waals surface area contributed by atoms with Gasteiger partial charge in [0.05, 0.1) is 18.7 Å². The first-order valence-corrected chi connectivity index (χ1v) is 18.3. The van der Waals surface area contributed by atoms with E-state index in [0.717, 1.165) is 62.0 Å². The summed E-state index contributed by atoms with van der Waals surface area (Å²) in [7, 11) is 1.59. The zero-order chi connectivity index (χ0) is 36.4. The fourth-order valence-electron chi connectivity index (χ4n) is 6.48. The lowest BCUT2D eigenvalue weighted by Crippen LogP contribution is -2.41. The number of esters is 2. The number of urea groups is 1. The van der Waals surface area contributed by atoms with Crippen LogP contribution in [0.3, 0.4) is 0 Å². The van der Waals surface area contributed by atoms with E-state index in [1.807, 2.05) is 32.0 Å². The van der Waals surface area contributed by atoms with Gasteiger partial charge < -0.3 is 29.7 Å². The Hall–Kier alpha value is -4.65. The van der Waals surface area contributed by atoms with Crippen molar-refractivity contribution in [3.63, 3.8) is 0 Å². The average molecular weight is 707 g/mol. The van der Waals surface area contributed by atoms with Gasteiger partial charge in [-0.1, -0.05) is 0 Å². The second-order valence-corrected chi connectivity index (χ2v) is 12.9. The van der Waals surface area contributed by atoms with Crippen molar-refractivity contribution in [2.45, 2.75) is 78.1 Å². The van der Waals surface area contributed by atoms with Gasteiger partial charge in [-0.3, -0.25) is 19.5 Å². The van der Waals surface area contributed by atoms with Crippen molar-refractivity contribution in [2.24, 2.45) is 11.8 Å². The van der Waals surface area contributed by atoms with Gasteiger partial charge in [-0.25, -0.2) is 14.6 Å². The van der Waals surface area contributed by atoms with Crippen molar-refractivity contribution in [2.75, 3.05) is 51.8 Å². The minimum atomic E-state index is -0.212. The van der Waals surface area contributed by atoms with Crippen LogP contribution < -0.4 is 20.7 Å². The number of hydrogen-bond donors (Lipinski definition) is 3. The van der Waals surface area contributed by atoms with E-state index < -0.39 is 0 Å². The third-order valence-electron chi connectivity index (χ3n) is 9.25. The third kappa shape index (κ3) is 12.9. The molecule has 0 unspecified atom stereocenters. The Morgan fingerprint density at radius 1 is 0.824 bits per heavy atom. The van der Waals surface area contributed by atoms with Crippen LogP contribution in [0.1, 0.15) is 78.1 Å². The van der Waals surface area contributed by atoms with Crippen LogP contribution >= 0.6 is 0 Å². The van der Waals surface area contributed by atoms with Crippen molar-refractivity contribution < 1.29 is 33.4 Å². The summed E-state index contributed by atoms with van der Waals surface area (Å²) in [6, 6.07) is 10.3. The van der Waals surface area contributed by atoms with Crippen molar-refractivity contribution >= 4 is 40.7 Å². The van der Waals surface area contributed by atoms with Crippen LogP contribution in [0.15, 0.2) is 48.8 Å². The zero-order valence-electron chi connectivity index (χ0n) is 30.3. The van der Waals surface area contributed by atoms with Crippen LogP contribution in [-0.4, -0.2) is 84.9 Å². The van der Waals surface area contributed by atoms with Crippen molar-refractivity contribution in [1.29, 1.82) is 0 Å². The number of rotatable bonds is 13. The molecule has 13 heteroatoms. The molecule has 1 aromatic carbocycles. The lowest BCUT2D eigenvalue weighted by Gasteiger charge is -2.32. The molecular formula is C38H54N6O7. The second kappa shape index (κ2) is 20.9. The first-order chi connectivity index (χ1) is 24.8. The van der Waals surface area contributed by atoms with E-state index in [2.05, 4.69) is 20.9 Å². The summed E-state index contributed by atoms with van der Waals surface area (Å²) in [5.41, 5.74) is 0.775. The van der Waals surface area contributed by atoms with Crippen LogP contribution in [0.2, 0.25) is 0 Å². The molecule has 4 heterocycles. The van der Waals surface area contributed by atoms with E-state index >= 15 is 0 Å². The molecule has 2 fully saturated rings. The molecule has 2 saturated heterocycles. The van der Waals surface area contributed by atoms with Crippen LogP contribution in [0.5, 0.6) is 11.5 Å². The van der Waals surface area contributed by atoms with E-state index in [-0.39, 0.29) is 24.0 Å². The third-order valence-corrected chi connectivity index (χ3v) is 9.25. The first-order valence-electron chi connectivity index (χ1n) is 18.3. The summed E-state index contributed by atoms with van der Waals surface area (Å²) in [5.74, 6) is 2.71. The van der Waals surface area contributed by atoms with Gasteiger partial charge in [0.1, 0.15) is 17.3 Å². The molecule has 2 aliphatic heterocycles. The molecule has 3 aromatic rings. The zero-order valence-corrected chi connectivity index (χ0v) is 30.3. The molecule has 0 spiro atoms.